The zero-order valence-electron chi connectivity index (χ0n) is 12.2. The van der Waals surface area contributed by atoms with Gasteiger partial charge in [-0.05, 0) is 24.3 Å². The average Bonchev–Trinajstić information content (AvgIpc) is 2.82. The molecule has 1 saturated heterocycles. The molecule has 0 saturated carbocycles. The van der Waals surface area contributed by atoms with Crippen molar-refractivity contribution in [2.45, 2.75) is 12.5 Å². The number of methoxy groups -OCH3 is 1. The van der Waals surface area contributed by atoms with Crippen LogP contribution in [0.3, 0.4) is 0 Å². The van der Waals surface area contributed by atoms with Crippen molar-refractivity contribution < 1.29 is 14.3 Å². The smallest absolute Gasteiger partial charge is 0.256 e. The second-order valence-electron chi connectivity index (χ2n) is 5.04. The maximum absolute atomic E-state index is 12.5. The lowest BCUT2D eigenvalue weighted by Gasteiger charge is -2.16. The molecule has 0 radical (unpaired) electrons. The van der Waals surface area contributed by atoms with Crippen LogP contribution in [0.4, 0.5) is 11.4 Å². The molecular weight excluding hydrogens is 280 g/mol. The van der Waals surface area contributed by atoms with Crippen LogP contribution in [-0.2, 0) is 9.59 Å². The van der Waals surface area contributed by atoms with E-state index in [9.17, 15) is 9.59 Å². The van der Waals surface area contributed by atoms with Crippen LogP contribution >= 0.6 is 0 Å². The van der Waals surface area contributed by atoms with Crippen LogP contribution in [0.1, 0.15) is 6.42 Å². The number of ether oxygens (including phenoxy) is 1. The Kier molecular flexibility index (Phi) is 3.78. The summed E-state index contributed by atoms with van der Waals surface area (Å²) in [6.45, 7) is 0. The van der Waals surface area contributed by atoms with Gasteiger partial charge in [0.25, 0.3) is 5.91 Å². The van der Waals surface area contributed by atoms with Crippen molar-refractivity contribution in [2.75, 3.05) is 17.3 Å². The van der Waals surface area contributed by atoms with Gasteiger partial charge in [-0.15, -0.1) is 0 Å². The minimum absolute atomic E-state index is 0.144. The Bertz CT molecular complexity index is 700. The van der Waals surface area contributed by atoms with E-state index in [0.717, 1.165) is 5.69 Å². The molecule has 1 fully saturated rings. The zero-order chi connectivity index (χ0) is 15.5. The number of rotatable bonds is 4. The van der Waals surface area contributed by atoms with E-state index in [2.05, 4.69) is 5.32 Å². The number of amides is 2. The highest BCUT2D eigenvalue weighted by Crippen LogP contribution is 2.25. The summed E-state index contributed by atoms with van der Waals surface area (Å²) >= 11 is 0. The largest absolute Gasteiger partial charge is 0.497 e. The molecule has 0 bridgehead atoms. The van der Waals surface area contributed by atoms with E-state index < -0.39 is 6.04 Å². The maximum atomic E-state index is 12.5. The van der Waals surface area contributed by atoms with Gasteiger partial charge in [-0.3, -0.25) is 9.59 Å². The average molecular weight is 296 g/mol. The molecule has 2 amide bonds. The predicted molar refractivity (Wildman–Crippen MR) is 84.0 cm³/mol. The van der Waals surface area contributed by atoms with Crippen LogP contribution in [0.15, 0.2) is 54.6 Å². The van der Waals surface area contributed by atoms with Gasteiger partial charge >= 0.3 is 0 Å². The maximum Gasteiger partial charge on any atom is 0.256 e. The van der Waals surface area contributed by atoms with Crippen molar-refractivity contribution in [3.05, 3.63) is 54.6 Å². The second kappa shape index (κ2) is 5.89. The summed E-state index contributed by atoms with van der Waals surface area (Å²) in [6, 6.07) is 15.7. The first-order valence-electron chi connectivity index (χ1n) is 7.01. The summed E-state index contributed by atoms with van der Waals surface area (Å²) in [4.78, 5) is 25.9. The Balaban J connectivity index is 1.79. The van der Waals surface area contributed by atoms with Crippen LogP contribution in [0, 0.1) is 0 Å². The van der Waals surface area contributed by atoms with Gasteiger partial charge in [-0.2, -0.15) is 0 Å². The highest BCUT2D eigenvalue weighted by molar-refractivity contribution is 6.23. The number of para-hydroxylation sites is 1. The van der Waals surface area contributed by atoms with E-state index in [1.54, 1.807) is 37.4 Å². The lowest BCUT2D eigenvalue weighted by molar-refractivity contribution is -0.121. The minimum Gasteiger partial charge on any atom is -0.497 e. The Hall–Kier alpha value is -2.82. The van der Waals surface area contributed by atoms with Gasteiger partial charge in [0.1, 0.15) is 11.8 Å². The number of carbonyl (C=O) groups excluding carboxylic acids is 2. The van der Waals surface area contributed by atoms with E-state index in [1.807, 2.05) is 24.3 Å². The summed E-state index contributed by atoms with van der Waals surface area (Å²) in [5.41, 5.74) is 1.35. The van der Waals surface area contributed by atoms with Crippen LogP contribution in [0.5, 0.6) is 5.75 Å². The highest BCUT2D eigenvalue weighted by atomic mass is 16.5. The first-order chi connectivity index (χ1) is 10.7. The lowest BCUT2D eigenvalue weighted by atomic mass is 10.2. The van der Waals surface area contributed by atoms with Crippen molar-refractivity contribution >= 4 is 23.2 Å². The zero-order valence-corrected chi connectivity index (χ0v) is 12.2. The van der Waals surface area contributed by atoms with Gasteiger partial charge in [-0.25, -0.2) is 4.90 Å². The van der Waals surface area contributed by atoms with E-state index in [1.165, 1.54) is 4.90 Å². The van der Waals surface area contributed by atoms with E-state index >= 15 is 0 Å². The number of nitrogens with zero attached hydrogens (tertiary/aromatic N) is 1. The third kappa shape index (κ3) is 2.65. The number of benzene rings is 2. The third-order valence-electron chi connectivity index (χ3n) is 3.57. The number of carbonyl (C=O) groups is 2. The molecule has 5 nitrogen and oxygen atoms in total. The van der Waals surface area contributed by atoms with Gasteiger partial charge in [-0.1, -0.05) is 24.3 Å². The molecule has 22 heavy (non-hydrogen) atoms. The van der Waals surface area contributed by atoms with Crippen LogP contribution in [-0.4, -0.2) is 25.0 Å². The van der Waals surface area contributed by atoms with Gasteiger partial charge in [0.05, 0.1) is 19.2 Å². The van der Waals surface area contributed by atoms with Crippen molar-refractivity contribution in [3.63, 3.8) is 0 Å². The van der Waals surface area contributed by atoms with E-state index in [-0.39, 0.29) is 18.2 Å². The third-order valence-corrected chi connectivity index (χ3v) is 3.57. The van der Waals surface area contributed by atoms with Gasteiger partial charge < -0.3 is 10.1 Å². The minimum atomic E-state index is -0.556. The van der Waals surface area contributed by atoms with Gasteiger partial charge in [0, 0.05) is 11.8 Å². The predicted octanol–water partition coefficient (Wildman–Crippen LogP) is 2.44. The van der Waals surface area contributed by atoms with Crippen LogP contribution in [0.25, 0.3) is 0 Å². The molecule has 1 atom stereocenters. The summed E-state index contributed by atoms with van der Waals surface area (Å²) < 4.78 is 5.16. The molecule has 1 heterocycles. The Morgan fingerprint density at radius 3 is 2.59 bits per heavy atom. The molecule has 2 aromatic rings. The summed E-state index contributed by atoms with van der Waals surface area (Å²) in [5.74, 6) is 0.261. The summed E-state index contributed by atoms with van der Waals surface area (Å²) in [7, 11) is 1.58. The standard InChI is InChI=1S/C17H16N2O3/c1-22-14-9-5-6-12(10-14)18-15-11-16(20)19(17(15)21)13-7-3-2-4-8-13/h2-10,15,18H,11H2,1H3/t15-/m1/s1. The molecule has 0 aromatic heterocycles. The Labute approximate surface area is 128 Å². The second-order valence-corrected chi connectivity index (χ2v) is 5.04. The SMILES string of the molecule is COc1cccc(N[C@@H]2CC(=O)N(c3ccccc3)C2=O)c1. The molecule has 1 N–H and O–H groups in total. The number of nitrogens with one attached hydrogen (secondary N) is 1. The number of imide groups is 1. The van der Waals surface area contributed by atoms with E-state index in [4.69, 9.17) is 4.74 Å². The van der Waals surface area contributed by atoms with Crippen LogP contribution < -0.4 is 15.0 Å². The first kappa shape index (κ1) is 14.1. The molecule has 112 valence electrons. The van der Waals surface area contributed by atoms with Crippen molar-refractivity contribution in [1.29, 1.82) is 0 Å². The molecule has 5 heteroatoms. The van der Waals surface area contributed by atoms with Crippen molar-refractivity contribution in [3.8, 4) is 5.75 Å². The summed E-state index contributed by atoms with van der Waals surface area (Å²) in [5, 5.41) is 3.10. The molecule has 1 aliphatic rings. The molecular formula is C17H16N2O3. The fourth-order valence-electron chi connectivity index (χ4n) is 2.51. The summed E-state index contributed by atoms with van der Waals surface area (Å²) in [6.07, 6.45) is 0.144. The van der Waals surface area contributed by atoms with Gasteiger partial charge in [0.2, 0.25) is 5.91 Å². The molecule has 0 spiro atoms. The fourth-order valence-corrected chi connectivity index (χ4v) is 2.51. The molecule has 2 aromatic carbocycles. The van der Waals surface area contributed by atoms with Crippen molar-refractivity contribution in [2.24, 2.45) is 0 Å². The van der Waals surface area contributed by atoms with Gasteiger partial charge in [0.15, 0.2) is 0 Å². The normalized spacial score (nSPS) is 17.7. The first-order valence-corrected chi connectivity index (χ1v) is 7.01. The molecule has 0 unspecified atom stereocenters. The number of hydrogen-bond acceptors (Lipinski definition) is 4. The van der Waals surface area contributed by atoms with Crippen molar-refractivity contribution in [1.82, 2.24) is 0 Å². The fraction of sp³-hybridized carbons (Fsp3) is 0.176. The quantitative estimate of drug-likeness (QED) is 0.880. The Morgan fingerprint density at radius 1 is 1.09 bits per heavy atom. The van der Waals surface area contributed by atoms with Crippen LogP contribution in [0.2, 0.25) is 0 Å². The topological polar surface area (TPSA) is 58.6 Å². The number of anilines is 2. The Morgan fingerprint density at radius 2 is 1.86 bits per heavy atom. The lowest BCUT2D eigenvalue weighted by Crippen LogP contribution is -2.34. The highest BCUT2D eigenvalue weighted by Gasteiger charge is 2.39. The number of hydrogen-bond donors (Lipinski definition) is 1. The molecule has 0 aliphatic carbocycles. The monoisotopic (exact) mass is 296 g/mol. The molecule has 1 aliphatic heterocycles. The molecule has 3 rings (SSSR count). The van der Waals surface area contributed by atoms with E-state index in [0.29, 0.717) is 11.4 Å².